The van der Waals surface area contributed by atoms with Crippen LogP contribution in [0.2, 0.25) is 0 Å². The molecule has 1 atom stereocenters. The predicted molar refractivity (Wildman–Crippen MR) is 81.7 cm³/mol. The molecule has 3 nitrogen and oxygen atoms in total. The number of pyridine rings is 1. The molecule has 1 saturated heterocycles. The molecule has 18 heavy (non-hydrogen) atoms. The smallest absolute Gasteiger partial charge is 0.0766 e. The van der Waals surface area contributed by atoms with Crippen molar-refractivity contribution in [2.45, 2.75) is 26.3 Å². The lowest BCUT2D eigenvalue weighted by atomic mass is 9.82. The molecule has 1 unspecified atom stereocenters. The SMILES string of the molecule is CN(C)c1ccncc1NC1CSCCC1(C)C. The molecule has 1 aromatic heterocycles. The van der Waals surface area contributed by atoms with E-state index in [9.17, 15) is 0 Å². The van der Waals surface area contributed by atoms with Crippen molar-refractivity contribution < 1.29 is 0 Å². The lowest BCUT2D eigenvalue weighted by Gasteiger charge is -2.39. The molecule has 1 aliphatic heterocycles. The van der Waals surface area contributed by atoms with Crippen LogP contribution in [0.1, 0.15) is 20.3 Å². The summed E-state index contributed by atoms with van der Waals surface area (Å²) in [7, 11) is 4.14. The van der Waals surface area contributed by atoms with Gasteiger partial charge in [0.15, 0.2) is 0 Å². The highest BCUT2D eigenvalue weighted by atomic mass is 32.2. The van der Waals surface area contributed by atoms with Crippen LogP contribution in [-0.2, 0) is 0 Å². The lowest BCUT2D eigenvalue weighted by Crippen LogP contribution is -2.41. The molecule has 4 heteroatoms. The van der Waals surface area contributed by atoms with Gasteiger partial charge in [0.1, 0.15) is 0 Å². The van der Waals surface area contributed by atoms with Crippen LogP contribution in [0.25, 0.3) is 0 Å². The van der Waals surface area contributed by atoms with Gasteiger partial charge in [0, 0.05) is 32.1 Å². The van der Waals surface area contributed by atoms with Gasteiger partial charge in [0.25, 0.3) is 0 Å². The zero-order valence-electron chi connectivity index (χ0n) is 11.7. The van der Waals surface area contributed by atoms with E-state index in [1.54, 1.807) is 0 Å². The number of rotatable bonds is 3. The largest absolute Gasteiger partial charge is 0.378 e. The van der Waals surface area contributed by atoms with E-state index in [1.165, 1.54) is 23.6 Å². The van der Waals surface area contributed by atoms with Gasteiger partial charge < -0.3 is 10.2 Å². The van der Waals surface area contributed by atoms with Crippen LogP contribution in [0.4, 0.5) is 11.4 Å². The maximum atomic E-state index is 4.25. The van der Waals surface area contributed by atoms with Crippen molar-refractivity contribution in [3.05, 3.63) is 18.5 Å². The number of nitrogens with zero attached hydrogens (tertiary/aromatic N) is 2. The normalized spacial score (nSPS) is 22.6. The highest BCUT2D eigenvalue weighted by Gasteiger charge is 2.32. The Balaban J connectivity index is 2.18. The average molecular weight is 265 g/mol. The minimum Gasteiger partial charge on any atom is -0.378 e. The van der Waals surface area contributed by atoms with Crippen LogP contribution in [-0.4, -0.2) is 36.6 Å². The molecule has 0 aromatic carbocycles. The topological polar surface area (TPSA) is 28.2 Å². The van der Waals surface area contributed by atoms with E-state index in [-0.39, 0.29) is 0 Å². The fraction of sp³-hybridized carbons (Fsp3) is 0.643. The number of nitrogens with one attached hydrogen (secondary N) is 1. The van der Waals surface area contributed by atoms with E-state index < -0.39 is 0 Å². The zero-order chi connectivity index (χ0) is 13.2. The molecule has 0 radical (unpaired) electrons. The maximum absolute atomic E-state index is 4.25. The summed E-state index contributed by atoms with van der Waals surface area (Å²) in [5.41, 5.74) is 2.70. The molecular formula is C14H23N3S. The molecule has 0 bridgehead atoms. The third-order valence-electron chi connectivity index (χ3n) is 3.73. The van der Waals surface area contributed by atoms with Gasteiger partial charge in [0.2, 0.25) is 0 Å². The fourth-order valence-electron chi connectivity index (χ4n) is 2.25. The average Bonchev–Trinajstić information content (AvgIpc) is 2.32. The first kappa shape index (κ1) is 13.5. The highest BCUT2D eigenvalue weighted by molar-refractivity contribution is 7.99. The Morgan fingerprint density at radius 3 is 2.89 bits per heavy atom. The Bertz CT molecular complexity index is 404. The number of anilines is 2. The van der Waals surface area contributed by atoms with Gasteiger partial charge in [-0.05, 0) is 23.7 Å². The van der Waals surface area contributed by atoms with Crippen LogP contribution >= 0.6 is 11.8 Å². The lowest BCUT2D eigenvalue weighted by molar-refractivity contribution is 0.305. The number of hydrogen-bond donors (Lipinski definition) is 1. The first-order valence-corrected chi connectivity index (χ1v) is 7.62. The molecule has 0 saturated carbocycles. The summed E-state index contributed by atoms with van der Waals surface area (Å²) in [6.45, 7) is 4.71. The summed E-state index contributed by atoms with van der Waals surface area (Å²) in [5.74, 6) is 2.45. The number of thioether (sulfide) groups is 1. The van der Waals surface area contributed by atoms with Crippen LogP contribution in [0.15, 0.2) is 18.5 Å². The van der Waals surface area contributed by atoms with Gasteiger partial charge in [-0.25, -0.2) is 0 Å². The summed E-state index contributed by atoms with van der Waals surface area (Å²) in [4.78, 5) is 6.38. The van der Waals surface area contributed by atoms with Gasteiger partial charge in [-0.3, -0.25) is 4.98 Å². The van der Waals surface area contributed by atoms with Gasteiger partial charge in [-0.15, -0.1) is 0 Å². The van der Waals surface area contributed by atoms with Gasteiger partial charge in [-0.2, -0.15) is 11.8 Å². The molecule has 1 aliphatic rings. The minimum absolute atomic E-state index is 0.352. The number of aromatic nitrogens is 1. The van der Waals surface area contributed by atoms with Crippen molar-refractivity contribution in [1.82, 2.24) is 4.98 Å². The quantitative estimate of drug-likeness (QED) is 0.909. The van der Waals surface area contributed by atoms with E-state index in [0.29, 0.717) is 11.5 Å². The number of hydrogen-bond acceptors (Lipinski definition) is 4. The molecule has 0 aliphatic carbocycles. The Hall–Kier alpha value is -0.900. The van der Waals surface area contributed by atoms with Crippen LogP contribution in [0.3, 0.4) is 0 Å². The molecule has 100 valence electrons. The Morgan fingerprint density at radius 2 is 2.22 bits per heavy atom. The van der Waals surface area contributed by atoms with Crippen LogP contribution in [0.5, 0.6) is 0 Å². The van der Waals surface area contributed by atoms with Crippen molar-refractivity contribution in [2.75, 3.05) is 35.8 Å². The maximum Gasteiger partial charge on any atom is 0.0766 e. The first-order valence-electron chi connectivity index (χ1n) is 6.46. The fourth-order valence-corrected chi connectivity index (χ4v) is 3.86. The van der Waals surface area contributed by atoms with Gasteiger partial charge in [0.05, 0.1) is 17.6 Å². The van der Waals surface area contributed by atoms with Gasteiger partial charge >= 0.3 is 0 Å². The van der Waals surface area contributed by atoms with E-state index in [1.807, 2.05) is 24.2 Å². The van der Waals surface area contributed by atoms with Crippen LogP contribution in [0, 0.1) is 5.41 Å². The predicted octanol–water partition coefficient (Wildman–Crippen LogP) is 3.09. The van der Waals surface area contributed by atoms with Crippen LogP contribution < -0.4 is 10.2 Å². The Kier molecular flexibility index (Phi) is 4.05. The van der Waals surface area contributed by atoms with Crippen molar-refractivity contribution in [1.29, 1.82) is 0 Å². The Labute approximate surface area is 114 Å². The minimum atomic E-state index is 0.352. The molecule has 2 rings (SSSR count). The molecule has 0 amide bonds. The highest BCUT2D eigenvalue weighted by Crippen LogP contribution is 2.37. The standard InChI is InChI=1S/C14H23N3S/c1-14(2)6-8-18-10-13(14)16-11-9-15-7-5-12(11)17(3)4/h5,7,9,13,16H,6,8,10H2,1-4H3. The monoisotopic (exact) mass is 265 g/mol. The molecule has 1 fully saturated rings. The van der Waals surface area contributed by atoms with E-state index >= 15 is 0 Å². The summed E-state index contributed by atoms with van der Waals surface area (Å²) in [5, 5.41) is 3.70. The summed E-state index contributed by atoms with van der Waals surface area (Å²) in [6.07, 6.45) is 5.05. The second kappa shape index (κ2) is 5.39. The van der Waals surface area contributed by atoms with E-state index in [4.69, 9.17) is 0 Å². The second-order valence-electron chi connectivity index (χ2n) is 5.80. The summed E-state index contributed by atoms with van der Waals surface area (Å²) >= 11 is 2.04. The second-order valence-corrected chi connectivity index (χ2v) is 6.95. The summed E-state index contributed by atoms with van der Waals surface area (Å²) < 4.78 is 0. The molecule has 1 aromatic rings. The Morgan fingerprint density at radius 1 is 1.44 bits per heavy atom. The van der Waals surface area contributed by atoms with Gasteiger partial charge in [-0.1, -0.05) is 13.8 Å². The molecule has 1 N–H and O–H groups in total. The molecular weight excluding hydrogens is 242 g/mol. The molecule has 2 heterocycles. The van der Waals surface area contributed by atoms with Crippen molar-refractivity contribution in [3.8, 4) is 0 Å². The van der Waals surface area contributed by atoms with Crippen molar-refractivity contribution in [2.24, 2.45) is 5.41 Å². The van der Waals surface area contributed by atoms with Crippen molar-refractivity contribution in [3.63, 3.8) is 0 Å². The summed E-state index contributed by atoms with van der Waals surface area (Å²) in [6, 6.07) is 2.57. The molecule has 0 spiro atoms. The first-order chi connectivity index (χ1) is 8.50. The zero-order valence-corrected chi connectivity index (χ0v) is 12.5. The third kappa shape index (κ3) is 2.91. The third-order valence-corrected chi connectivity index (χ3v) is 4.79. The van der Waals surface area contributed by atoms with Crippen molar-refractivity contribution >= 4 is 23.1 Å². The van der Waals surface area contributed by atoms with E-state index in [0.717, 1.165) is 5.69 Å². The van der Waals surface area contributed by atoms with E-state index in [2.05, 4.69) is 49.2 Å².